The highest BCUT2D eigenvalue weighted by Crippen LogP contribution is 2.43. The van der Waals surface area contributed by atoms with Crippen molar-refractivity contribution in [2.45, 2.75) is 51.5 Å². The summed E-state index contributed by atoms with van der Waals surface area (Å²) in [6.45, 7) is 3.14. The fourth-order valence-electron chi connectivity index (χ4n) is 5.56. The smallest absolute Gasteiger partial charge is 0.472 e. The van der Waals surface area contributed by atoms with Gasteiger partial charge in [-0.15, -0.1) is 8.78 Å². The molecule has 5 heterocycles. The number of nitrogens with zero attached hydrogens (tertiary/aromatic N) is 4. The number of halogens is 3. The molecular formula is C30H27ClF2N4O6. The molecule has 0 aliphatic carbocycles. The number of pyridine rings is 1. The number of hydrogen-bond acceptors (Lipinski definition) is 9. The first kappa shape index (κ1) is 27.8. The number of hydrogen-bond donors (Lipinski definition) is 0. The number of ether oxygens (including phenoxy) is 5. The Morgan fingerprint density at radius 2 is 2.05 bits per heavy atom. The number of para-hydroxylation sites is 1. The van der Waals surface area contributed by atoms with E-state index in [-0.39, 0.29) is 30.1 Å². The zero-order valence-electron chi connectivity index (χ0n) is 23.1. The van der Waals surface area contributed by atoms with Gasteiger partial charge in [0.2, 0.25) is 5.88 Å². The second-order valence-corrected chi connectivity index (χ2v) is 11.1. The molecule has 0 N–H and O–H groups in total. The standard InChI is InChI=1S/C30H27ClF2N4O6/c1-39-29(38)18-5-6-22-24(12-18)37(13-20-8-10-40-20)26(34-22)15-36-9-7-17-11-21(31)28(35-23(17)14-36)41-16-19-3-2-4-25-27(19)43-30(32,33)42-25/h2-6,11-12,20H,7-10,13-16H2,1H3/t20-/m0/s1. The summed E-state index contributed by atoms with van der Waals surface area (Å²) in [4.78, 5) is 24.0. The maximum absolute atomic E-state index is 13.6. The van der Waals surface area contributed by atoms with Crippen LogP contribution in [0.2, 0.25) is 5.02 Å². The van der Waals surface area contributed by atoms with Crippen molar-refractivity contribution in [3.8, 4) is 17.4 Å². The number of fused-ring (bicyclic) bond motifs is 3. The molecule has 224 valence electrons. The summed E-state index contributed by atoms with van der Waals surface area (Å²) in [5.41, 5.74) is 4.32. The molecule has 7 rings (SSSR count). The predicted molar refractivity (Wildman–Crippen MR) is 149 cm³/mol. The maximum Gasteiger partial charge on any atom is 0.586 e. The van der Waals surface area contributed by atoms with E-state index in [1.807, 2.05) is 18.2 Å². The lowest BCUT2D eigenvalue weighted by molar-refractivity contribution is -0.287. The summed E-state index contributed by atoms with van der Waals surface area (Å²) in [6.07, 6.45) is -1.93. The number of methoxy groups -OCH3 is 1. The molecule has 2 aromatic heterocycles. The molecule has 13 heteroatoms. The molecule has 43 heavy (non-hydrogen) atoms. The molecule has 3 aliphatic heterocycles. The van der Waals surface area contributed by atoms with Gasteiger partial charge in [-0.2, -0.15) is 0 Å². The normalized spacial score (nSPS) is 18.7. The largest absolute Gasteiger partial charge is 0.586 e. The fourth-order valence-corrected chi connectivity index (χ4v) is 5.79. The number of esters is 1. The maximum atomic E-state index is 13.6. The van der Waals surface area contributed by atoms with Crippen LogP contribution in [0, 0.1) is 0 Å². The van der Waals surface area contributed by atoms with Crippen molar-refractivity contribution in [2.24, 2.45) is 0 Å². The van der Waals surface area contributed by atoms with Crippen molar-refractivity contribution in [3.63, 3.8) is 0 Å². The van der Waals surface area contributed by atoms with Crippen molar-refractivity contribution >= 4 is 28.6 Å². The Morgan fingerprint density at radius 3 is 2.84 bits per heavy atom. The van der Waals surface area contributed by atoms with Gasteiger partial charge >= 0.3 is 12.3 Å². The van der Waals surface area contributed by atoms with Crippen LogP contribution in [-0.4, -0.2) is 58.1 Å². The van der Waals surface area contributed by atoms with Crippen LogP contribution >= 0.6 is 11.6 Å². The summed E-state index contributed by atoms with van der Waals surface area (Å²) in [7, 11) is 1.36. The van der Waals surface area contributed by atoms with Gasteiger partial charge in [0.25, 0.3) is 0 Å². The summed E-state index contributed by atoms with van der Waals surface area (Å²) < 4.78 is 55.0. The van der Waals surface area contributed by atoms with Crippen LogP contribution in [0.3, 0.4) is 0 Å². The summed E-state index contributed by atoms with van der Waals surface area (Å²) in [6, 6.07) is 11.8. The molecule has 0 amide bonds. The van der Waals surface area contributed by atoms with E-state index in [2.05, 4.69) is 18.9 Å². The number of imidazole rings is 1. The van der Waals surface area contributed by atoms with E-state index in [0.717, 1.165) is 54.1 Å². The van der Waals surface area contributed by atoms with Crippen molar-refractivity contribution in [3.05, 3.63) is 75.7 Å². The van der Waals surface area contributed by atoms with Gasteiger partial charge in [-0.05, 0) is 48.7 Å². The molecule has 3 aliphatic rings. The molecule has 0 radical (unpaired) electrons. The van der Waals surface area contributed by atoms with Crippen LogP contribution in [0.25, 0.3) is 11.0 Å². The van der Waals surface area contributed by atoms with Crippen LogP contribution in [-0.2, 0) is 42.1 Å². The van der Waals surface area contributed by atoms with E-state index < -0.39 is 12.3 Å². The van der Waals surface area contributed by atoms with Gasteiger partial charge in [0.15, 0.2) is 11.5 Å². The van der Waals surface area contributed by atoms with Gasteiger partial charge in [0.05, 0.1) is 48.6 Å². The summed E-state index contributed by atoms with van der Waals surface area (Å²) >= 11 is 6.50. The second kappa shape index (κ2) is 10.9. The summed E-state index contributed by atoms with van der Waals surface area (Å²) in [5.74, 6) is 0.542. The summed E-state index contributed by atoms with van der Waals surface area (Å²) in [5, 5.41) is 0.339. The molecule has 2 aromatic carbocycles. The molecular weight excluding hydrogens is 586 g/mol. The Hall–Kier alpha value is -4.00. The van der Waals surface area contributed by atoms with E-state index >= 15 is 0 Å². The Bertz CT molecular complexity index is 1730. The first-order chi connectivity index (χ1) is 20.8. The van der Waals surface area contributed by atoms with Crippen molar-refractivity contribution in [1.29, 1.82) is 0 Å². The first-order valence-corrected chi connectivity index (χ1v) is 14.2. The average molecular weight is 613 g/mol. The third kappa shape index (κ3) is 5.46. The van der Waals surface area contributed by atoms with Crippen molar-refractivity contribution < 1.29 is 37.3 Å². The highest BCUT2D eigenvalue weighted by molar-refractivity contribution is 6.31. The molecule has 0 unspecified atom stereocenters. The van der Waals surface area contributed by atoms with Crippen molar-refractivity contribution in [2.75, 3.05) is 20.3 Å². The third-order valence-corrected chi connectivity index (χ3v) is 8.12. The first-order valence-electron chi connectivity index (χ1n) is 13.9. The lowest BCUT2D eigenvalue weighted by Gasteiger charge is -2.30. The molecule has 1 saturated heterocycles. The molecule has 0 spiro atoms. The number of carbonyl (C=O) groups excluding carboxylic acids is 1. The number of benzene rings is 2. The molecule has 1 atom stereocenters. The second-order valence-electron chi connectivity index (χ2n) is 10.7. The molecule has 0 bridgehead atoms. The fraction of sp³-hybridized carbons (Fsp3) is 0.367. The van der Waals surface area contributed by atoms with Crippen molar-refractivity contribution in [1.82, 2.24) is 19.4 Å². The minimum absolute atomic E-state index is 0.0531. The zero-order valence-corrected chi connectivity index (χ0v) is 23.9. The van der Waals surface area contributed by atoms with E-state index in [0.29, 0.717) is 35.8 Å². The van der Waals surface area contributed by atoms with E-state index in [9.17, 15) is 13.6 Å². The molecule has 4 aromatic rings. The topological polar surface area (TPSA) is 97.2 Å². The van der Waals surface area contributed by atoms with Crippen LogP contribution in [0.4, 0.5) is 8.78 Å². The average Bonchev–Trinajstić information content (AvgIpc) is 3.47. The predicted octanol–water partition coefficient (Wildman–Crippen LogP) is 5.12. The Kier molecular flexibility index (Phi) is 7.07. The van der Waals surface area contributed by atoms with Gasteiger partial charge in [0.1, 0.15) is 17.5 Å². The van der Waals surface area contributed by atoms with E-state index in [1.165, 1.54) is 13.2 Å². The number of aromatic nitrogens is 3. The van der Waals surface area contributed by atoms with Gasteiger partial charge < -0.3 is 28.3 Å². The van der Waals surface area contributed by atoms with Gasteiger partial charge in [-0.25, -0.2) is 14.8 Å². The minimum Gasteiger partial charge on any atom is -0.472 e. The number of rotatable bonds is 8. The Morgan fingerprint density at radius 1 is 1.19 bits per heavy atom. The van der Waals surface area contributed by atoms with Crippen LogP contribution in [0.15, 0.2) is 42.5 Å². The quantitative estimate of drug-likeness (QED) is 0.251. The van der Waals surface area contributed by atoms with Crippen LogP contribution < -0.4 is 14.2 Å². The highest BCUT2D eigenvalue weighted by Gasteiger charge is 2.44. The van der Waals surface area contributed by atoms with E-state index in [4.69, 9.17) is 35.8 Å². The Labute approximate surface area is 250 Å². The lowest BCUT2D eigenvalue weighted by atomic mass is 10.1. The third-order valence-electron chi connectivity index (χ3n) is 7.85. The van der Waals surface area contributed by atoms with E-state index in [1.54, 1.807) is 18.2 Å². The van der Waals surface area contributed by atoms with Gasteiger partial charge in [-0.3, -0.25) is 4.90 Å². The number of alkyl halides is 2. The minimum atomic E-state index is -3.72. The van der Waals surface area contributed by atoms with Gasteiger partial charge in [-0.1, -0.05) is 23.7 Å². The molecule has 1 fully saturated rings. The molecule has 0 saturated carbocycles. The Balaban J connectivity index is 1.10. The van der Waals surface area contributed by atoms with Crippen LogP contribution in [0.1, 0.15) is 39.4 Å². The highest BCUT2D eigenvalue weighted by atomic mass is 35.5. The lowest BCUT2D eigenvalue weighted by Crippen LogP contribution is -2.34. The monoisotopic (exact) mass is 612 g/mol. The number of carbonyl (C=O) groups is 1. The molecule has 10 nitrogen and oxygen atoms in total. The van der Waals surface area contributed by atoms with Crippen LogP contribution in [0.5, 0.6) is 17.4 Å². The van der Waals surface area contributed by atoms with Gasteiger partial charge in [0, 0.05) is 25.3 Å². The zero-order chi connectivity index (χ0) is 29.7. The SMILES string of the molecule is COC(=O)c1ccc2nc(CN3CCc4cc(Cl)c(OCc5cccc6c5OC(F)(F)O6)nc4C3)n(C[C@@H]3CCO3)c2c1.